The van der Waals surface area contributed by atoms with Gasteiger partial charge in [0.2, 0.25) is 0 Å². The molecular weight excluding hydrogens is 585 g/mol. The Balaban J connectivity index is 1.57. The highest BCUT2D eigenvalue weighted by Crippen LogP contribution is 2.29. The van der Waals surface area contributed by atoms with Gasteiger partial charge in [-0.1, -0.05) is 122 Å². The van der Waals surface area contributed by atoms with Gasteiger partial charge in [0, 0.05) is 22.3 Å². The minimum Gasteiger partial charge on any atom is -0.289 e. The standard InChI is InChI=1S/C46H68O2/c1-34(2)18-12-19-35(3)20-13-21-36(4)22-14-23-37(5)24-15-25-38(6)26-16-27-39(7)28-17-29-40(8)32-33-42-41(9)45(47)43-30-10-11-31-44(43)46(42)48/h10-11,18,20,22,28,30-32,37-38H,12-17,19,21,23-27,29,33H2,1-9H3. The summed E-state index contributed by atoms with van der Waals surface area (Å²) in [5.41, 5.74) is 9.57. The Morgan fingerprint density at radius 3 is 1.60 bits per heavy atom. The average Bonchev–Trinajstić information content (AvgIpc) is 3.03. The number of hydrogen-bond donors (Lipinski definition) is 0. The average molecular weight is 653 g/mol. The predicted molar refractivity (Wildman–Crippen MR) is 210 cm³/mol. The predicted octanol–water partition coefficient (Wildman–Crippen LogP) is 14.3. The first-order chi connectivity index (χ1) is 22.9. The molecule has 1 aliphatic rings. The number of rotatable bonds is 22. The third-order valence-corrected chi connectivity index (χ3v) is 10.1. The monoisotopic (exact) mass is 653 g/mol. The van der Waals surface area contributed by atoms with Crippen LogP contribution >= 0.6 is 0 Å². The maximum atomic E-state index is 13.0. The summed E-state index contributed by atoms with van der Waals surface area (Å²) < 4.78 is 0. The summed E-state index contributed by atoms with van der Waals surface area (Å²) >= 11 is 0. The first-order valence-electron chi connectivity index (χ1n) is 19.0. The molecule has 0 saturated carbocycles. The van der Waals surface area contributed by atoms with E-state index >= 15 is 0 Å². The lowest BCUT2D eigenvalue weighted by Gasteiger charge is -2.18. The second-order valence-corrected chi connectivity index (χ2v) is 15.2. The maximum Gasteiger partial charge on any atom is 0.190 e. The van der Waals surface area contributed by atoms with E-state index in [4.69, 9.17) is 0 Å². The number of benzene rings is 1. The van der Waals surface area contributed by atoms with Crippen LogP contribution in [0, 0.1) is 11.8 Å². The largest absolute Gasteiger partial charge is 0.289 e. The molecule has 0 fully saturated rings. The molecule has 0 aliphatic heterocycles. The van der Waals surface area contributed by atoms with E-state index in [1.807, 2.05) is 12.1 Å². The van der Waals surface area contributed by atoms with Crippen molar-refractivity contribution in [1.82, 2.24) is 0 Å². The van der Waals surface area contributed by atoms with Crippen LogP contribution in [-0.2, 0) is 0 Å². The zero-order chi connectivity index (χ0) is 35.5. The Morgan fingerprint density at radius 1 is 0.562 bits per heavy atom. The van der Waals surface area contributed by atoms with Gasteiger partial charge in [0.05, 0.1) is 0 Å². The topological polar surface area (TPSA) is 34.1 Å². The van der Waals surface area contributed by atoms with Crippen LogP contribution in [0.4, 0.5) is 0 Å². The van der Waals surface area contributed by atoms with Crippen LogP contribution in [0.2, 0.25) is 0 Å². The van der Waals surface area contributed by atoms with E-state index in [-0.39, 0.29) is 11.6 Å². The molecule has 0 bridgehead atoms. The minimum atomic E-state index is -0.0154. The Hall–Kier alpha value is -3.00. The van der Waals surface area contributed by atoms with Crippen molar-refractivity contribution in [2.75, 3.05) is 0 Å². The van der Waals surface area contributed by atoms with Crippen molar-refractivity contribution in [1.29, 1.82) is 0 Å². The van der Waals surface area contributed by atoms with Crippen molar-refractivity contribution >= 4 is 11.6 Å². The summed E-state index contributed by atoms with van der Waals surface area (Å²) in [6, 6.07) is 7.18. The third kappa shape index (κ3) is 15.9. The molecule has 1 aromatic rings. The normalized spacial score (nSPS) is 15.9. The van der Waals surface area contributed by atoms with E-state index in [1.54, 1.807) is 24.6 Å². The number of hydrogen-bond acceptors (Lipinski definition) is 2. The molecule has 2 heteroatoms. The number of allylic oxidation sites excluding steroid dienone is 12. The summed E-state index contributed by atoms with van der Waals surface area (Å²) in [4.78, 5) is 25.8. The number of fused-ring (bicyclic) bond motifs is 1. The van der Waals surface area contributed by atoms with E-state index in [9.17, 15) is 9.59 Å². The highest BCUT2D eigenvalue weighted by Gasteiger charge is 2.28. The zero-order valence-corrected chi connectivity index (χ0v) is 32.3. The molecule has 0 aromatic heterocycles. The number of carbonyl (C=O) groups excluding carboxylic acids is 2. The SMILES string of the molecule is CC(C)=CCCC(C)=CCCC(C)=CCCC(C)CCCC(C)CCCC(C)=CCCC(C)=CCC1=C(C)C(=O)c2ccccc2C1=O. The molecule has 0 heterocycles. The van der Waals surface area contributed by atoms with Crippen LogP contribution < -0.4 is 0 Å². The lowest BCUT2D eigenvalue weighted by Crippen LogP contribution is -2.20. The van der Waals surface area contributed by atoms with E-state index in [0.717, 1.165) is 24.7 Å². The van der Waals surface area contributed by atoms with Gasteiger partial charge in [-0.3, -0.25) is 9.59 Å². The van der Waals surface area contributed by atoms with Gasteiger partial charge >= 0.3 is 0 Å². The van der Waals surface area contributed by atoms with Crippen molar-refractivity contribution < 1.29 is 9.59 Å². The van der Waals surface area contributed by atoms with Crippen LogP contribution in [0.3, 0.4) is 0 Å². The summed E-state index contributed by atoms with van der Waals surface area (Å²) in [7, 11) is 0. The van der Waals surface area contributed by atoms with Gasteiger partial charge in [0.1, 0.15) is 0 Å². The molecule has 48 heavy (non-hydrogen) atoms. The van der Waals surface area contributed by atoms with Crippen molar-refractivity contribution in [2.45, 2.75) is 159 Å². The van der Waals surface area contributed by atoms with Crippen LogP contribution in [-0.4, -0.2) is 11.6 Å². The summed E-state index contributed by atoms with van der Waals surface area (Å²) in [5.74, 6) is 1.60. The van der Waals surface area contributed by atoms with Gasteiger partial charge in [-0.25, -0.2) is 0 Å². The smallest absolute Gasteiger partial charge is 0.190 e. The van der Waals surface area contributed by atoms with Crippen LogP contribution in [0.5, 0.6) is 0 Å². The fourth-order valence-corrected chi connectivity index (χ4v) is 6.61. The molecule has 1 aliphatic carbocycles. The zero-order valence-electron chi connectivity index (χ0n) is 32.3. The Labute approximate surface area is 295 Å². The van der Waals surface area contributed by atoms with E-state index in [0.29, 0.717) is 28.7 Å². The lowest BCUT2D eigenvalue weighted by atomic mass is 9.83. The molecule has 0 saturated heterocycles. The molecule has 1 aromatic carbocycles. The molecule has 0 spiro atoms. The summed E-state index contributed by atoms with van der Waals surface area (Å²) in [5, 5.41) is 0. The number of ketones is 2. The molecule has 0 amide bonds. The van der Waals surface area contributed by atoms with Crippen LogP contribution in [0.25, 0.3) is 0 Å². The van der Waals surface area contributed by atoms with Crippen LogP contribution in [0.1, 0.15) is 179 Å². The highest BCUT2D eigenvalue weighted by atomic mass is 16.1. The number of Topliss-reactive ketones (excluding diaryl/α,β-unsaturated/α-hetero) is 2. The highest BCUT2D eigenvalue weighted by molar-refractivity contribution is 6.26. The second-order valence-electron chi connectivity index (χ2n) is 15.2. The molecular formula is C46H68O2. The Bertz CT molecular complexity index is 1370. The van der Waals surface area contributed by atoms with Crippen molar-refractivity contribution in [3.63, 3.8) is 0 Å². The van der Waals surface area contributed by atoms with Gasteiger partial charge in [-0.15, -0.1) is 0 Å². The Morgan fingerprint density at radius 2 is 1.02 bits per heavy atom. The fourth-order valence-electron chi connectivity index (χ4n) is 6.61. The molecule has 2 rings (SSSR count). The van der Waals surface area contributed by atoms with Gasteiger partial charge in [0.25, 0.3) is 0 Å². The molecule has 2 nitrogen and oxygen atoms in total. The minimum absolute atomic E-state index is 0.000236. The summed E-state index contributed by atoms with van der Waals surface area (Å²) in [6.45, 7) is 20.0. The van der Waals surface area contributed by atoms with Gasteiger partial charge in [-0.05, 0) is 131 Å². The quantitative estimate of drug-likeness (QED) is 0.117. The maximum absolute atomic E-state index is 13.0. The molecule has 264 valence electrons. The van der Waals surface area contributed by atoms with Gasteiger partial charge in [0.15, 0.2) is 11.6 Å². The fraction of sp³-hybridized carbons (Fsp3) is 0.565. The van der Waals surface area contributed by atoms with Gasteiger partial charge < -0.3 is 0 Å². The first kappa shape index (κ1) is 41.2. The summed E-state index contributed by atoms with van der Waals surface area (Å²) in [6.07, 6.45) is 29.4. The van der Waals surface area contributed by atoms with Crippen molar-refractivity contribution in [3.05, 3.63) is 105 Å². The van der Waals surface area contributed by atoms with Crippen molar-refractivity contribution in [2.24, 2.45) is 11.8 Å². The third-order valence-electron chi connectivity index (χ3n) is 10.1. The lowest BCUT2D eigenvalue weighted by molar-refractivity contribution is 0.0973. The van der Waals surface area contributed by atoms with E-state index < -0.39 is 0 Å². The molecule has 2 unspecified atom stereocenters. The van der Waals surface area contributed by atoms with Crippen LogP contribution in [0.15, 0.2) is 93.7 Å². The molecule has 2 atom stereocenters. The molecule has 0 N–H and O–H groups in total. The first-order valence-corrected chi connectivity index (χ1v) is 19.0. The molecule has 0 radical (unpaired) electrons. The van der Waals surface area contributed by atoms with Gasteiger partial charge in [-0.2, -0.15) is 0 Å². The van der Waals surface area contributed by atoms with E-state index in [1.165, 1.54) is 99.3 Å². The van der Waals surface area contributed by atoms with Crippen molar-refractivity contribution in [3.8, 4) is 0 Å². The Kier molecular flexibility index (Phi) is 19.4. The van der Waals surface area contributed by atoms with E-state index in [2.05, 4.69) is 85.8 Å². The second kappa shape index (κ2) is 22.6. The number of carbonyl (C=O) groups is 2.